The number of esters is 1. The highest BCUT2D eigenvalue weighted by molar-refractivity contribution is 6.48. The van der Waals surface area contributed by atoms with Crippen molar-refractivity contribution in [3.63, 3.8) is 0 Å². The zero-order valence-corrected chi connectivity index (χ0v) is 19.5. The fourth-order valence-electron chi connectivity index (χ4n) is 2.84. The number of hydrogen-bond donors (Lipinski definition) is 0. The van der Waals surface area contributed by atoms with Gasteiger partial charge in [-0.05, 0) is 50.4 Å². The Morgan fingerprint density at radius 3 is 2.21 bits per heavy atom. The predicted octanol–water partition coefficient (Wildman–Crippen LogP) is 4.37. The smallest absolute Gasteiger partial charge is 0.361 e. The van der Waals surface area contributed by atoms with E-state index in [-0.39, 0.29) is 17.2 Å². The molecule has 28 heavy (non-hydrogen) atoms. The molecule has 6 nitrogen and oxygen atoms in total. The number of nitrogens with zero attached hydrogens (tertiary/aromatic N) is 3. The second kappa shape index (κ2) is 8.57. The topological polar surface area (TPSA) is 66.2 Å². The maximum absolute atomic E-state index is 12.1. The Morgan fingerprint density at radius 2 is 1.71 bits per heavy atom. The van der Waals surface area contributed by atoms with E-state index in [1.807, 2.05) is 20.8 Å². The Balaban J connectivity index is 2.09. The van der Waals surface area contributed by atoms with Crippen molar-refractivity contribution >= 4 is 15.0 Å². The summed E-state index contributed by atoms with van der Waals surface area (Å²) in [6, 6.07) is 8.39. The summed E-state index contributed by atoms with van der Waals surface area (Å²) in [4.78, 5) is 12.1. The number of ether oxygens (including phenoxy) is 1. The van der Waals surface area contributed by atoms with Crippen molar-refractivity contribution in [1.29, 1.82) is 0 Å². The molecular formula is C21H33N3O3Si. The molecule has 7 heteroatoms. The minimum atomic E-state index is -1.16. The van der Waals surface area contributed by atoms with Gasteiger partial charge in [0.2, 0.25) is 0 Å². The Hall–Kier alpha value is -1.99. The SMILES string of the molecule is C[SiH](C)OC(c1ccc(Cn2cc(C(=O)OC(C)(C)C)nn2)cc1)C(C)(C)C. The number of aromatic nitrogens is 3. The van der Waals surface area contributed by atoms with Crippen LogP contribution in [0.25, 0.3) is 0 Å². The number of hydrogen-bond acceptors (Lipinski definition) is 5. The molecule has 0 aliphatic rings. The second-order valence-electron chi connectivity index (χ2n) is 9.48. The van der Waals surface area contributed by atoms with Crippen LogP contribution in [0.4, 0.5) is 0 Å². The van der Waals surface area contributed by atoms with Gasteiger partial charge in [-0.25, -0.2) is 9.48 Å². The zero-order chi connectivity index (χ0) is 21.1. The molecule has 0 bridgehead atoms. The quantitative estimate of drug-likeness (QED) is 0.529. The van der Waals surface area contributed by atoms with Crippen LogP contribution in [-0.2, 0) is 15.7 Å². The number of benzene rings is 1. The van der Waals surface area contributed by atoms with Crippen molar-refractivity contribution < 1.29 is 14.0 Å². The first-order chi connectivity index (χ1) is 12.8. The summed E-state index contributed by atoms with van der Waals surface area (Å²) in [5.41, 5.74) is 1.97. The Kier molecular flexibility index (Phi) is 6.83. The van der Waals surface area contributed by atoms with Crippen LogP contribution in [-0.4, -0.2) is 35.6 Å². The lowest BCUT2D eigenvalue weighted by molar-refractivity contribution is 0.00627. The van der Waals surface area contributed by atoms with E-state index in [4.69, 9.17) is 9.16 Å². The number of carbonyl (C=O) groups excluding carboxylic acids is 1. The van der Waals surface area contributed by atoms with Crippen LogP contribution in [0.5, 0.6) is 0 Å². The highest BCUT2D eigenvalue weighted by Gasteiger charge is 2.28. The third-order valence-electron chi connectivity index (χ3n) is 3.97. The van der Waals surface area contributed by atoms with Crippen molar-refractivity contribution in [1.82, 2.24) is 15.0 Å². The lowest BCUT2D eigenvalue weighted by atomic mass is 9.84. The fourth-order valence-corrected chi connectivity index (χ4v) is 3.95. The van der Waals surface area contributed by atoms with Crippen LogP contribution in [0.3, 0.4) is 0 Å². The monoisotopic (exact) mass is 403 g/mol. The molecule has 0 aliphatic carbocycles. The Labute approximate surface area is 170 Å². The van der Waals surface area contributed by atoms with Gasteiger partial charge in [0.1, 0.15) is 5.60 Å². The van der Waals surface area contributed by atoms with E-state index in [0.717, 1.165) is 5.56 Å². The molecule has 1 unspecified atom stereocenters. The van der Waals surface area contributed by atoms with Crippen molar-refractivity contribution in [3.8, 4) is 0 Å². The fraction of sp³-hybridized carbons (Fsp3) is 0.571. The van der Waals surface area contributed by atoms with Crippen LogP contribution >= 0.6 is 0 Å². The molecule has 0 fully saturated rings. The van der Waals surface area contributed by atoms with E-state index in [2.05, 4.69) is 68.4 Å². The van der Waals surface area contributed by atoms with E-state index < -0.39 is 20.6 Å². The van der Waals surface area contributed by atoms with Gasteiger partial charge in [-0.2, -0.15) is 0 Å². The molecule has 154 valence electrons. The molecule has 2 aromatic rings. The van der Waals surface area contributed by atoms with Crippen LogP contribution in [0.1, 0.15) is 69.3 Å². The van der Waals surface area contributed by atoms with Crippen LogP contribution in [0, 0.1) is 5.41 Å². The maximum atomic E-state index is 12.1. The summed E-state index contributed by atoms with van der Waals surface area (Å²) >= 11 is 0. The largest absolute Gasteiger partial charge is 0.455 e. The van der Waals surface area contributed by atoms with Crippen molar-refractivity contribution in [3.05, 3.63) is 47.3 Å². The van der Waals surface area contributed by atoms with Crippen molar-refractivity contribution in [2.24, 2.45) is 5.41 Å². The highest BCUT2D eigenvalue weighted by Crippen LogP contribution is 2.36. The highest BCUT2D eigenvalue weighted by atomic mass is 28.3. The minimum Gasteiger partial charge on any atom is -0.455 e. The van der Waals surface area contributed by atoms with Gasteiger partial charge in [0.25, 0.3) is 0 Å². The van der Waals surface area contributed by atoms with E-state index in [0.29, 0.717) is 6.54 Å². The molecule has 1 heterocycles. The molecular weight excluding hydrogens is 370 g/mol. The van der Waals surface area contributed by atoms with E-state index in [1.165, 1.54) is 5.56 Å². The summed E-state index contributed by atoms with van der Waals surface area (Å²) in [6.45, 7) is 17.0. The van der Waals surface area contributed by atoms with Gasteiger partial charge in [-0.1, -0.05) is 50.3 Å². The molecule has 1 aromatic heterocycles. The average molecular weight is 404 g/mol. The van der Waals surface area contributed by atoms with E-state index in [1.54, 1.807) is 10.9 Å². The normalized spacial score (nSPS) is 13.6. The van der Waals surface area contributed by atoms with Gasteiger partial charge in [-0.3, -0.25) is 0 Å². The molecule has 0 amide bonds. The maximum Gasteiger partial charge on any atom is 0.361 e. The molecule has 0 aliphatic heterocycles. The summed E-state index contributed by atoms with van der Waals surface area (Å²) in [5, 5.41) is 7.98. The molecule has 1 atom stereocenters. The summed E-state index contributed by atoms with van der Waals surface area (Å²) in [5.74, 6) is -0.461. The van der Waals surface area contributed by atoms with Crippen LogP contribution in [0.2, 0.25) is 13.1 Å². The van der Waals surface area contributed by atoms with Crippen LogP contribution in [0.15, 0.2) is 30.5 Å². The average Bonchev–Trinajstić information content (AvgIpc) is 2.99. The summed E-state index contributed by atoms with van der Waals surface area (Å²) in [6.07, 6.45) is 1.70. The Morgan fingerprint density at radius 1 is 1.11 bits per heavy atom. The van der Waals surface area contributed by atoms with Gasteiger partial charge in [0.15, 0.2) is 14.7 Å². The molecule has 0 radical (unpaired) electrons. The third kappa shape index (κ3) is 6.56. The second-order valence-corrected chi connectivity index (χ2v) is 11.8. The van der Waals surface area contributed by atoms with Gasteiger partial charge < -0.3 is 9.16 Å². The molecule has 0 N–H and O–H groups in total. The van der Waals surface area contributed by atoms with Crippen molar-refractivity contribution in [2.45, 2.75) is 72.9 Å². The summed E-state index contributed by atoms with van der Waals surface area (Å²) in [7, 11) is -1.16. The summed E-state index contributed by atoms with van der Waals surface area (Å²) < 4.78 is 13.3. The van der Waals surface area contributed by atoms with Crippen LogP contribution < -0.4 is 0 Å². The predicted molar refractivity (Wildman–Crippen MR) is 113 cm³/mol. The van der Waals surface area contributed by atoms with Gasteiger partial charge in [-0.15, -0.1) is 5.10 Å². The zero-order valence-electron chi connectivity index (χ0n) is 18.3. The van der Waals surface area contributed by atoms with Gasteiger partial charge in [0.05, 0.1) is 18.8 Å². The number of rotatable bonds is 6. The lowest BCUT2D eigenvalue weighted by Gasteiger charge is -2.33. The van der Waals surface area contributed by atoms with E-state index in [9.17, 15) is 4.79 Å². The molecule has 0 spiro atoms. The molecule has 0 saturated heterocycles. The molecule has 2 rings (SSSR count). The molecule has 1 aromatic carbocycles. The van der Waals surface area contributed by atoms with Gasteiger partial charge in [0, 0.05) is 0 Å². The first-order valence-corrected chi connectivity index (χ1v) is 12.5. The first-order valence-electron chi connectivity index (χ1n) is 9.73. The van der Waals surface area contributed by atoms with Crippen molar-refractivity contribution in [2.75, 3.05) is 0 Å². The minimum absolute atomic E-state index is 0.0347. The van der Waals surface area contributed by atoms with E-state index >= 15 is 0 Å². The third-order valence-corrected chi connectivity index (χ3v) is 4.79. The van der Waals surface area contributed by atoms with Gasteiger partial charge >= 0.3 is 5.97 Å². The first kappa shape index (κ1) is 22.3. The standard InChI is InChI=1S/C21H33N3O3Si/c1-20(2,3)18(27-28(7)8)16-11-9-15(10-12-16)13-24-14-17(22-23-24)19(25)26-21(4,5)6/h9-12,14,18,28H,13H2,1-8H3. The molecule has 0 saturated carbocycles. The Bertz CT molecular complexity index is 786. The number of carbonyl (C=O) groups is 1. The lowest BCUT2D eigenvalue weighted by Crippen LogP contribution is -2.25.